The summed E-state index contributed by atoms with van der Waals surface area (Å²) >= 11 is 1.63. The molecule has 0 radical (unpaired) electrons. The minimum absolute atomic E-state index is 0.0177. The first-order chi connectivity index (χ1) is 12.2. The van der Waals surface area contributed by atoms with Crippen molar-refractivity contribution >= 4 is 17.2 Å². The van der Waals surface area contributed by atoms with Gasteiger partial charge in [-0.1, -0.05) is 6.92 Å². The van der Waals surface area contributed by atoms with Gasteiger partial charge < -0.3 is 15.2 Å². The monoisotopic (exact) mass is 366 g/mol. The van der Waals surface area contributed by atoms with Gasteiger partial charge in [0.05, 0.1) is 24.2 Å². The van der Waals surface area contributed by atoms with Crippen molar-refractivity contribution in [3.8, 4) is 5.75 Å². The molecule has 7 heteroatoms. The highest BCUT2D eigenvalue weighted by Gasteiger charge is 2.05. The van der Waals surface area contributed by atoms with E-state index in [1.807, 2.05) is 37.0 Å². The summed E-state index contributed by atoms with van der Waals surface area (Å²) in [6.45, 7) is 6.17. The van der Waals surface area contributed by atoms with Gasteiger partial charge in [-0.2, -0.15) is 0 Å². The lowest BCUT2D eigenvalue weighted by Crippen LogP contribution is -2.32. The van der Waals surface area contributed by atoms with Gasteiger partial charge in [0.2, 0.25) is 5.91 Å². The molecule has 0 atom stereocenters. The van der Waals surface area contributed by atoms with Crippen LogP contribution in [0.5, 0.6) is 5.75 Å². The van der Waals surface area contributed by atoms with Gasteiger partial charge in [-0.05, 0) is 6.92 Å². The third-order valence-corrected chi connectivity index (χ3v) is 4.45. The molecule has 0 saturated carbocycles. The van der Waals surface area contributed by atoms with Crippen LogP contribution in [0.1, 0.15) is 30.3 Å². The number of carbonyl (C=O) groups excluding carboxylic acids is 1. The zero-order valence-electron chi connectivity index (χ0n) is 15.2. The third-order valence-electron chi connectivity index (χ3n) is 3.46. The van der Waals surface area contributed by atoms with Crippen LogP contribution in [0.25, 0.3) is 0 Å². The standard InChI is InChI=1S/C17H23N3O2S.CH4O/c1-3-9-20-10-5-15(6-11-20)22-12-7-17(21)18-8-4-16-14(2)19-13-23-16;1-2/h5-6,10-11,13H,3-4,7-9,12H2,1-2H3;2H,1H3/p+1. The van der Waals surface area contributed by atoms with Crippen LogP contribution in [0.4, 0.5) is 0 Å². The molecule has 0 aliphatic heterocycles. The van der Waals surface area contributed by atoms with Gasteiger partial charge >= 0.3 is 0 Å². The summed E-state index contributed by atoms with van der Waals surface area (Å²) in [5.74, 6) is 0.814. The average molecular weight is 367 g/mol. The van der Waals surface area contributed by atoms with Gasteiger partial charge in [-0.3, -0.25) is 4.79 Å². The maximum Gasteiger partial charge on any atom is 0.223 e. The number of thiazole rings is 1. The highest BCUT2D eigenvalue weighted by Crippen LogP contribution is 2.12. The molecule has 25 heavy (non-hydrogen) atoms. The Balaban J connectivity index is 0.00000151. The molecule has 138 valence electrons. The second kappa shape index (κ2) is 12.4. The molecule has 0 saturated heterocycles. The Kier molecular flexibility index (Phi) is 10.4. The van der Waals surface area contributed by atoms with E-state index in [9.17, 15) is 4.79 Å². The predicted molar refractivity (Wildman–Crippen MR) is 98.7 cm³/mol. The first kappa shape index (κ1) is 21.1. The fraction of sp³-hybridized carbons (Fsp3) is 0.500. The van der Waals surface area contributed by atoms with Crippen molar-refractivity contribution < 1.29 is 19.2 Å². The number of hydrogen-bond donors (Lipinski definition) is 2. The maximum absolute atomic E-state index is 11.8. The molecule has 2 aromatic rings. The number of aromatic nitrogens is 2. The average Bonchev–Trinajstić information content (AvgIpc) is 3.04. The Hall–Kier alpha value is -1.99. The minimum Gasteiger partial charge on any atom is -0.493 e. The van der Waals surface area contributed by atoms with Crippen LogP contribution in [-0.2, 0) is 17.8 Å². The van der Waals surface area contributed by atoms with Gasteiger partial charge in [0.1, 0.15) is 12.3 Å². The number of nitrogens with one attached hydrogen (secondary N) is 1. The van der Waals surface area contributed by atoms with E-state index in [-0.39, 0.29) is 5.91 Å². The van der Waals surface area contributed by atoms with Crippen LogP contribution in [0.3, 0.4) is 0 Å². The molecule has 2 rings (SSSR count). The second-order valence-electron chi connectivity index (χ2n) is 5.33. The first-order valence-corrected chi connectivity index (χ1v) is 9.29. The van der Waals surface area contributed by atoms with E-state index in [4.69, 9.17) is 9.84 Å². The Morgan fingerprint density at radius 1 is 1.36 bits per heavy atom. The number of hydrogen-bond acceptors (Lipinski definition) is 5. The first-order valence-electron chi connectivity index (χ1n) is 8.41. The Morgan fingerprint density at radius 2 is 2.08 bits per heavy atom. The molecule has 2 aromatic heterocycles. The molecule has 0 spiro atoms. The van der Waals surface area contributed by atoms with Crippen LogP contribution in [-0.4, -0.2) is 36.3 Å². The summed E-state index contributed by atoms with van der Waals surface area (Å²) in [7, 11) is 1.00. The van der Waals surface area contributed by atoms with E-state index >= 15 is 0 Å². The largest absolute Gasteiger partial charge is 0.493 e. The van der Waals surface area contributed by atoms with Gasteiger partial charge in [0, 0.05) is 43.5 Å². The predicted octanol–water partition coefficient (Wildman–Crippen LogP) is 1.89. The number of pyridine rings is 1. The topological polar surface area (TPSA) is 75.3 Å². The number of aliphatic hydroxyl groups is 1. The lowest BCUT2D eigenvalue weighted by molar-refractivity contribution is -0.697. The number of carbonyl (C=O) groups is 1. The zero-order valence-corrected chi connectivity index (χ0v) is 16.0. The molecule has 0 aromatic carbocycles. The van der Waals surface area contributed by atoms with Gasteiger partial charge in [0.15, 0.2) is 12.4 Å². The molecular weight excluding hydrogens is 338 g/mol. The summed E-state index contributed by atoms with van der Waals surface area (Å²) in [6.07, 6.45) is 6.30. The van der Waals surface area contributed by atoms with Crippen molar-refractivity contribution in [1.82, 2.24) is 10.3 Å². The SMILES string of the molecule is CCC[n+]1ccc(OCCC(=O)NCCc2scnc2C)cc1.CO. The van der Waals surface area contributed by atoms with Crippen LogP contribution in [0.2, 0.25) is 0 Å². The minimum atomic E-state index is 0.0177. The number of rotatable bonds is 9. The molecule has 6 nitrogen and oxygen atoms in total. The molecule has 1 amide bonds. The molecule has 2 heterocycles. The highest BCUT2D eigenvalue weighted by molar-refractivity contribution is 7.09. The van der Waals surface area contributed by atoms with Crippen LogP contribution in [0.15, 0.2) is 30.0 Å². The second-order valence-corrected chi connectivity index (χ2v) is 6.27. The highest BCUT2D eigenvalue weighted by atomic mass is 32.1. The molecule has 0 fully saturated rings. The lowest BCUT2D eigenvalue weighted by atomic mass is 10.3. The lowest BCUT2D eigenvalue weighted by Gasteiger charge is -2.07. The number of ether oxygens (including phenoxy) is 1. The van der Waals surface area contributed by atoms with E-state index in [0.717, 1.165) is 37.9 Å². The molecular formula is C18H28N3O3S+. The van der Waals surface area contributed by atoms with E-state index in [0.29, 0.717) is 19.6 Å². The summed E-state index contributed by atoms with van der Waals surface area (Å²) < 4.78 is 7.71. The van der Waals surface area contributed by atoms with Gasteiger partial charge in [0.25, 0.3) is 0 Å². The molecule has 0 bridgehead atoms. The summed E-state index contributed by atoms with van der Waals surface area (Å²) in [4.78, 5) is 17.2. The summed E-state index contributed by atoms with van der Waals surface area (Å²) in [5, 5.41) is 9.92. The molecule has 0 unspecified atom stereocenters. The maximum atomic E-state index is 11.8. The molecule has 0 aliphatic carbocycles. The van der Waals surface area contributed by atoms with Gasteiger partial charge in [-0.15, -0.1) is 11.3 Å². The number of nitrogens with zero attached hydrogens (tertiary/aromatic N) is 2. The number of amides is 1. The van der Waals surface area contributed by atoms with Crippen molar-refractivity contribution in [3.05, 3.63) is 40.6 Å². The molecule has 2 N–H and O–H groups in total. The van der Waals surface area contributed by atoms with Crippen LogP contribution in [0, 0.1) is 6.92 Å². The van der Waals surface area contributed by atoms with Crippen molar-refractivity contribution in [2.45, 2.75) is 39.7 Å². The fourth-order valence-electron chi connectivity index (χ4n) is 2.18. The van der Waals surface area contributed by atoms with E-state index in [2.05, 4.69) is 21.8 Å². The smallest absolute Gasteiger partial charge is 0.223 e. The Labute approximate surface area is 153 Å². The van der Waals surface area contributed by atoms with Gasteiger partial charge in [-0.25, -0.2) is 9.55 Å². The van der Waals surface area contributed by atoms with Crippen molar-refractivity contribution in [2.24, 2.45) is 0 Å². The Morgan fingerprint density at radius 3 is 2.68 bits per heavy atom. The number of aliphatic hydroxyl groups excluding tert-OH is 1. The zero-order chi connectivity index (χ0) is 18.5. The molecule has 0 aliphatic rings. The summed E-state index contributed by atoms with van der Waals surface area (Å²) in [5.41, 5.74) is 2.89. The Bertz CT molecular complexity index is 614. The van der Waals surface area contributed by atoms with E-state index < -0.39 is 0 Å². The van der Waals surface area contributed by atoms with Crippen molar-refractivity contribution in [2.75, 3.05) is 20.3 Å². The third kappa shape index (κ3) is 8.09. The van der Waals surface area contributed by atoms with Crippen molar-refractivity contribution in [3.63, 3.8) is 0 Å². The van der Waals surface area contributed by atoms with Crippen LogP contribution < -0.4 is 14.6 Å². The fourth-order valence-corrected chi connectivity index (χ4v) is 2.96. The normalized spacial score (nSPS) is 9.92. The quantitative estimate of drug-likeness (QED) is 0.665. The van der Waals surface area contributed by atoms with E-state index in [1.54, 1.807) is 11.3 Å². The van der Waals surface area contributed by atoms with Crippen molar-refractivity contribution in [1.29, 1.82) is 0 Å². The van der Waals surface area contributed by atoms with E-state index in [1.165, 1.54) is 4.88 Å². The number of aryl methyl sites for hydroxylation is 2. The summed E-state index contributed by atoms with van der Waals surface area (Å²) in [6, 6.07) is 3.86. The van der Waals surface area contributed by atoms with Crippen LogP contribution >= 0.6 is 11.3 Å².